The second-order valence-corrected chi connectivity index (χ2v) is 3.70. The average molecular weight is 177 g/mol. The van der Waals surface area contributed by atoms with E-state index in [9.17, 15) is 0 Å². The molecule has 1 unspecified atom stereocenters. The lowest BCUT2D eigenvalue weighted by atomic mass is 9.83. The Balaban J connectivity index is 2.94. The number of nitriles is 1. The van der Waals surface area contributed by atoms with E-state index < -0.39 is 5.41 Å². The molecule has 0 bridgehead atoms. The third-order valence-corrected chi connectivity index (χ3v) is 2.25. The lowest BCUT2D eigenvalue weighted by Crippen LogP contribution is -2.30. The van der Waals surface area contributed by atoms with Gasteiger partial charge in [0.1, 0.15) is 0 Å². The number of hydrogen-bond acceptors (Lipinski definition) is 2. The molecule has 0 saturated heterocycles. The third kappa shape index (κ3) is 1.90. The van der Waals surface area contributed by atoms with E-state index in [2.05, 4.69) is 16.4 Å². The summed E-state index contributed by atoms with van der Waals surface area (Å²) in [7, 11) is 1.87. The molecule has 0 fully saturated rings. The largest absolute Gasteiger partial charge is 0.367 e. The normalized spacial score (nSPS) is 13.7. The molecule has 0 aromatic carbocycles. The summed E-state index contributed by atoms with van der Waals surface area (Å²) < 4.78 is 0. The summed E-state index contributed by atoms with van der Waals surface area (Å²) in [6.07, 6.45) is 3.79. The Bertz CT molecular complexity index is 292. The highest BCUT2D eigenvalue weighted by Crippen LogP contribution is 2.31. The molecule has 3 nitrogen and oxygen atoms in total. The Morgan fingerprint density at radius 1 is 1.62 bits per heavy atom. The number of aromatic amines is 1. The van der Waals surface area contributed by atoms with Crippen LogP contribution >= 0.6 is 0 Å². The van der Waals surface area contributed by atoms with Crippen LogP contribution in [0.2, 0.25) is 0 Å². The third-order valence-electron chi connectivity index (χ3n) is 2.25. The lowest BCUT2D eigenvalue weighted by Gasteiger charge is -2.26. The molecule has 0 aliphatic rings. The minimum absolute atomic E-state index is 0.0729. The molecule has 0 radical (unpaired) electrons. The molecule has 0 aliphatic carbocycles. The van der Waals surface area contributed by atoms with Gasteiger partial charge in [-0.1, -0.05) is 0 Å². The molecular formula is C10H15N3. The second kappa shape index (κ2) is 3.63. The Morgan fingerprint density at radius 2 is 2.31 bits per heavy atom. The molecule has 1 aromatic heterocycles. The Kier molecular flexibility index (Phi) is 2.74. The number of hydrogen-bond donors (Lipinski definition) is 2. The van der Waals surface area contributed by atoms with Gasteiger partial charge in [0.2, 0.25) is 0 Å². The molecule has 0 aliphatic heterocycles. The molecule has 2 N–H and O–H groups in total. The predicted molar refractivity (Wildman–Crippen MR) is 52.0 cm³/mol. The van der Waals surface area contributed by atoms with Crippen molar-refractivity contribution in [2.45, 2.75) is 19.9 Å². The van der Waals surface area contributed by atoms with Crippen LogP contribution in [-0.2, 0) is 0 Å². The SMILES string of the molecule is CNC(c1cc[nH]c1)C(C)(C)C#N. The van der Waals surface area contributed by atoms with Crippen molar-refractivity contribution in [3.63, 3.8) is 0 Å². The fourth-order valence-corrected chi connectivity index (χ4v) is 1.53. The first-order valence-electron chi connectivity index (χ1n) is 4.33. The standard InChI is InChI=1S/C10H15N3/c1-10(2,7-11)9(12-3)8-4-5-13-6-8/h4-6,9,12-13H,1-3H3. The zero-order valence-corrected chi connectivity index (χ0v) is 8.26. The molecule has 70 valence electrons. The molecule has 1 heterocycles. The van der Waals surface area contributed by atoms with E-state index in [1.165, 1.54) is 0 Å². The van der Waals surface area contributed by atoms with Crippen molar-refractivity contribution < 1.29 is 0 Å². The summed E-state index contributed by atoms with van der Waals surface area (Å²) in [5, 5.41) is 12.1. The van der Waals surface area contributed by atoms with E-state index in [-0.39, 0.29) is 6.04 Å². The number of nitrogens with zero attached hydrogens (tertiary/aromatic N) is 1. The molecular weight excluding hydrogens is 162 g/mol. The zero-order chi connectivity index (χ0) is 9.90. The summed E-state index contributed by atoms with van der Waals surface area (Å²) in [6.45, 7) is 3.86. The molecule has 1 rings (SSSR count). The van der Waals surface area contributed by atoms with Crippen LogP contribution in [0.1, 0.15) is 25.5 Å². The highest BCUT2D eigenvalue weighted by atomic mass is 14.9. The monoisotopic (exact) mass is 177 g/mol. The van der Waals surface area contributed by atoms with Crippen LogP contribution in [0.25, 0.3) is 0 Å². The average Bonchev–Trinajstić information content (AvgIpc) is 2.58. The highest BCUT2D eigenvalue weighted by Gasteiger charge is 2.29. The molecule has 1 aromatic rings. The second-order valence-electron chi connectivity index (χ2n) is 3.70. The van der Waals surface area contributed by atoms with E-state index in [0.29, 0.717) is 0 Å². The molecule has 3 heteroatoms. The summed E-state index contributed by atoms with van der Waals surface area (Å²) >= 11 is 0. The van der Waals surface area contributed by atoms with Gasteiger partial charge in [0, 0.05) is 12.4 Å². The van der Waals surface area contributed by atoms with Gasteiger partial charge in [-0.2, -0.15) is 5.26 Å². The summed E-state index contributed by atoms with van der Waals surface area (Å²) in [5.41, 5.74) is 0.728. The van der Waals surface area contributed by atoms with Crippen molar-refractivity contribution in [1.82, 2.24) is 10.3 Å². The van der Waals surface area contributed by atoms with Gasteiger partial charge >= 0.3 is 0 Å². The Hall–Kier alpha value is -1.27. The summed E-state index contributed by atoms with van der Waals surface area (Å²) in [4.78, 5) is 2.99. The summed E-state index contributed by atoms with van der Waals surface area (Å²) in [6, 6.07) is 4.36. The van der Waals surface area contributed by atoms with Crippen LogP contribution in [0.4, 0.5) is 0 Å². The lowest BCUT2D eigenvalue weighted by molar-refractivity contribution is 0.344. The van der Waals surface area contributed by atoms with Crippen LogP contribution in [0.15, 0.2) is 18.5 Å². The van der Waals surface area contributed by atoms with E-state index in [4.69, 9.17) is 5.26 Å². The van der Waals surface area contributed by atoms with Crippen molar-refractivity contribution in [3.05, 3.63) is 24.0 Å². The first kappa shape index (κ1) is 9.82. The van der Waals surface area contributed by atoms with Gasteiger partial charge in [-0.3, -0.25) is 0 Å². The minimum atomic E-state index is -0.392. The fourth-order valence-electron chi connectivity index (χ4n) is 1.53. The van der Waals surface area contributed by atoms with E-state index in [1.54, 1.807) is 0 Å². The number of H-pyrrole nitrogens is 1. The number of rotatable bonds is 3. The van der Waals surface area contributed by atoms with Crippen LogP contribution in [0.5, 0.6) is 0 Å². The predicted octanol–water partition coefficient (Wildman–Crippen LogP) is 1.82. The summed E-state index contributed by atoms with van der Waals surface area (Å²) in [5.74, 6) is 0. The van der Waals surface area contributed by atoms with E-state index in [0.717, 1.165) is 5.56 Å². The maximum atomic E-state index is 8.99. The Labute approximate surface area is 78.8 Å². The van der Waals surface area contributed by atoms with Crippen LogP contribution < -0.4 is 5.32 Å². The van der Waals surface area contributed by atoms with Gasteiger partial charge in [0.25, 0.3) is 0 Å². The Morgan fingerprint density at radius 3 is 2.69 bits per heavy atom. The van der Waals surface area contributed by atoms with Gasteiger partial charge < -0.3 is 10.3 Å². The maximum Gasteiger partial charge on any atom is 0.0712 e. The smallest absolute Gasteiger partial charge is 0.0712 e. The van der Waals surface area contributed by atoms with Crippen molar-refractivity contribution in [1.29, 1.82) is 5.26 Å². The fraction of sp³-hybridized carbons (Fsp3) is 0.500. The first-order chi connectivity index (χ1) is 6.11. The van der Waals surface area contributed by atoms with Crippen LogP contribution in [0, 0.1) is 16.7 Å². The maximum absolute atomic E-state index is 8.99. The van der Waals surface area contributed by atoms with Crippen molar-refractivity contribution in [2.24, 2.45) is 5.41 Å². The molecule has 0 saturated carbocycles. The molecule has 1 atom stereocenters. The van der Waals surface area contributed by atoms with Crippen molar-refractivity contribution in [3.8, 4) is 6.07 Å². The zero-order valence-electron chi connectivity index (χ0n) is 8.26. The van der Waals surface area contributed by atoms with Gasteiger partial charge in [0.15, 0.2) is 0 Å². The molecule has 0 spiro atoms. The van der Waals surface area contributed by atoms with Gasteiger partial charge in [0.05, 0.1) is 17.5 Å². The van der Waals surface area contributed by atoms with Crippen molar-refractivity contribution >= 4 is 0 Å². The molecule has 13 heavy (non-hydrogen) atoms. The van der Waals surface area contributed by atoms with Gasteiger partial charge in [-0.15, -0.1) is 0 Å². The first-order valence-corrected chi connectivity index (χ1v) is 4.33. The highest BCUT2D eigenvalue weighted by molar-refractivity contribution is 5.20. The number of aromatic nitrogens is 1. The van der Waals surface area contributed by atoms with E-state index >= 15 is 0 Å². The van der Waals surface area contributed by atoms with Crippen LogP contribution in [-0.4, -0.2) is 12.0 Å². The van der Waals surface area contributed by atoms with Crippen molar-refractivity contribution in [2.75, 3.05) is 7.05 Å². The quantitative estimate of drug-likeness (QED) is 0.740. The minimum Gasteiger partial charge on any atom is -0.367 e. The topological polar surface area (TPSA) is 51.6 Å². The van der Waals surface area contributed by atoms with Crippen LogP contribution in [0.3, 0.4) is 0 Å². The van der Waals surface area contributed by atoms with Gasteiger partial charge in [-0.05, 0) is 32.5 Å². The molecule has 0 amide bonds. The van der Waals surface area contributed by atoms with E-state index in [1.807, 2.05) is 39.4 Å². The number of nitrogens with one attached hydrogen (secondary N) is 2. The van der Waals surface area contributed by atoms with Gasteiger partial charge in [-0.25, -0.2) is 0 Å².